The molecule has 0 atom stereocenters. The quantitative estimate of drug-likeness (QED) is 0.321. The fourth-order valence-electron chi connectivity index (χ4n) is 3.74. The second kappa shape index (κ2) is 5.08. The Morgan fingerprint density at radius 2 is 1.33 bits per heavy atom. The predicted octanol–water partition coefficient (Wildman–Crippen LogP) is 7.26. The van der Waals surface area contributed by atoms with Crippen LogP contribution in [-0.4, -0.2) is 0 Å². The van der Waals surface area contributed by atoms with E-state index in [0.717, 1.165) is 5.02 Å². The molecule has 1 aliphatic carbocycles. The van der Waals surface area contributed by atoms with Crippen molar-refractivity contribution < 1.29 is 0 Å². The van der Waals surface area contributed by atoms with Crippen molar-refractivity contribution in [3.63, 3.8) is 0 Å². The number of hydrogen-bond donors (Lipinski definition) is 0. The molecule has 0 spiro atoms. The first-order chi connectivity index (χ1) is 11.5. The molecule has 0 nitrogen and oxygen atoms in total. The van der Waals surface area contributed by atoms with E-state index in [-0.39, 0.29) is 5.41 Å². The number of benzene rings is 3. The molecule has 24 heavy (non-hydrogen) atoms. The van der Waals surface area contributed by atoms with Crippen molar-refractivity contribution in [1.82, 2.24) is 0 Å². The standard InChI is InChI=1S/C21H15ClS2/c1-21(2)15-8-7-12(22)9-13(15)14-10-19-20(11-16(14)21)24-18-6-4-3-5-17(18)23-19/h3-11H,1-2H3. The zero-order valence-electron chi connectivity index (χ0n) is 13.4. The lowest BCUT2D eigenvalue weighted by atomic mass is 9.82. The molecule has 3 heteroatoms. The van der Waals surface area contributed by atoms with Gasteiger partial charge in [-0.05, 0) is 58.7 Å². The van der Waals surface area contributed by atoms with E-state index in [4.69, 9.17) is 11.6 Å². The van der Waals surface area contributed by atoms with Gasteiger partial charge in [0.25, 0.3) is 0 Å². The largest absolute Gasteiger partial charge is 0.0877 e. The molecule has 0 radical (unpaired) electrons. The molecular weight excluding hydrogens is 352 g/mol. The van der Waals surface area contributed by atoms with Crippen molar-refractivity contribution in [2.45, 2.75) is 38.8 Å². The molecule has 3 aromatic carbocycles. The summed E-state index contributed by atoms with van der Waals surface area (Å²) in [7, 11) is 0. The normalized spacial score (nSPS) is 16.1. The maximum Gasteiger partial charge on any atom is 0.0412 e. The Hall–Kier alpha value is -1.35. The van der Waals surface area contributed by atoms with E-state index in [9.17, 15) is 0 Å². The van der Waals surface area contributed by atoms with Gasteiger partial charge in [0.05, 0.1) is 0 Å². The van der Waals surface area contributed by atoms with Crippen LogP contribution in [0.25, 0.3) is 11.1 Å². The molecule has 0 saturated carbocycles. The van der Waals surface area contributed by atoms with Crippen LogP contribution in [0, 0.1) is 0 Å². The highest BCUT2D eigenvalue weighted by Crippen LogP contribution is 2.55. The lowest BCUT2D eigenvalue weighted by molar-refractivity contribution is 0.657. The van der Waals surface area contributed by atoms with Gasteiger partial charge in [-0.15, -0.1) is 0 Å². The summed E-state index contributed by atoms with van der Waals surface area (Å²) in [4.78, 5) is 5.41. The third kappa shape index (κ3) is 2.03. The van der Waals surface area contributed by atoms with Gasteiger partial charge >= 0.3 is 0 Å². The molecule has 0 fully saturated rings. The Bertz CT molecular complexity index is 1000. The molecule has 118 valence electrons. The number of rotatable bonds is 0. The molecule has 3 aromatic rings. The van der Waals surface area contributed by atoms with E-state index in [1.165, 1.54) is 41.8 Å². The summed E-state index contributed by atoms with van der Waals surface area (Å²) in [5, 5.41) is 0.808. The lowest BCUT2D eigenvalue weighted by Gasteiger charge is -2.24. The van der Waals surface area contributed by atoms with Gasteiger partial charge in [0.2, 0.25) is 0 Å². The molecule has 1 aliphatic heterocycles. The summed E-state index contributed by atoms with van der Waals surface area (Å²) >= 11 is 10.0. The van der Waals surface area contributed by atoms with E-state index < -0.39 is 0 Å². The van der Waals surface area contributed by atoms with Gasteiger partial charge in [-0.25, -0.2) is 0 Å². The number of halogens is 1. The van der Waals surface area contributed by atoms with E-state index in [2.05, 4.69) is 62.4 Å². The van der Waals surface area contributed by atoms with Crippen molar-refractivity contribution in [3.8, 4) is 11.1 Å². The Labute approximate surface area is 155 Å². The molecule has 1 heterocycles. The maximum absolute atomic E-state index is 6.28. The van der Waals surface area contributed by atoms with Crippen LogP contribution in [0.2, 0.25) is 5.02 Å². The third-order valence-corrected chi connectivity index (χ3v) is 7.75. The monoisotopic (exact) mass is 366 g/mol. The molecule has 5 rings (SSSR count). The van der Waals surface area contributed by atoms with E-state index in [1.807, 2.05) is 29.6 Å². The summed E-state index contributed by atoms with van der Waals surface area (Å²) in [6, 6.07) is 19.7. The van der Waals surface area contributed by atoms with Crippen LogP contribution in [0.3, 0.4) is 0 Å². The van der Waals surface area contributed by atoms with Crippen LogP contribution in [0.1, 0.15) is 25.0 Å². The van der Waals surface area contributed by atoms with Gasteiger partial charge in [0.15, 0.2) is 0 Å². The fraction of sp³-hybridized carbons (Fsp3) is 0.143. The van der Waals surface area contributed by atoms with Crippen LogP contribution in [0.4, 0.5) is 0 Å². The third-order valence-electron chi connectivity index (χ3n) is 4.99. The molecule has 0 unspecified atom stereocenters. The molecule has 2 aliphatic rings. The Morgan fingerprint density at radius 3 is 2.04 bits per heavy atom. The Balaban J connectivity index is 1.74. The van der Waals surface area contributed by atoms with Crippen molar-refractivity contribution in [2.24, 2.45) is 0 Å². The van der Waals surface area contributed by atoms with Crippen molar-refractivity contribution in [3.05, 3.63) is 70.7 Å². The summed E-state index contributed by atoms with van der Waals surface area (Å²) in [5.74, 6) is 0. The number of fused-ring (bicyclic) bond motifs is 5. The first-order valence-corrected chi connectivity index (χ1v) is 9.99. The molecule has 0 aromatic heterocycles. The van der Waals surface area contributed by atoms with Gasteiger partial charge in [-0.3, -0.25) is 0 Å². The highest BCUT2D eigenvalue weighted by molar-refractivity contribution is 8.05. The molecule has 0 N–H and O–H groups in total. The minimum Gasteiger partial charge on any atom is -0.0877 e. The van der Waals surface area contributed by atoms with Gasteiger partial charge in [0, 0.05) is 30.0 Å². The Kier molecular flexibility index (Phi) is 3.16. The van der Waals surface area contributed by atoms with E-state index in [1.54, 1.807) is 0 Å². The van der Waals surface area contributed by atoms with Gasteiger partial charge in [0.1, 0.15) is 0 Å². The molecular formula is C21H15ClS2. The van der Waals surface area contributed by atoms with E-state index in [0.29, 0.717) is 0 Å². The van der Waals surface area contributed by atoms with Crippen molar-refractivity contribution in [1.29, 1.82) is 0 Å². The first kappa shape index (κ1) is 14.9. The van der Waals surface area contributed by atoms with Crippen molar-refractivity contribution >= 4 is 35.1 Å². The zero-order valence-corrected chi connectivity index (χ0v) is 15.8. The van der Waals surface area contributed by atoms with Crippen molar-refractivity contribution in [2.75, 3.05) is 0 Å². The average Bonchev–Trinajstić information content (AvgIpc) is 2.78. The van der Waals surface area contributed by atoms with Crippen LogP contribution in [0.15, 0.2) is 74.2 Å². The fourth-order valence-corrected chi connectivity index (χ4v) is 6.19. The van der Waals surface area contributed by atoms with Crippen LogP contribution >= 0.6 is 35.1 Å². The average molecular weight is 367 g/mol. The topological polar surface area (TPSA) is 0 Å². The summed E-state index contributed by atoms with van der Waals surface area (Å²) in [5.41, 5.74) is 5.42. The SMILES string of the molecule is CC1(C)c2ccc(Cl)cc2-c2cc3c(cc21)Sc1ccccc1S3. The highest BCUT2D eigenvalue weighted by Gasteiger charge is 2.37. The minimum atomic E-state index is 0.0203. The second-order valence-electron chi connectivity index (χ2n) is 6.81. The van der Waals surface area contributed by atoms with Crippen LogP contribution < -0.4 is 0 Å². The van der Waals surface area contributed by atoms with Gasteiger partial charge in [-0.1, -0.05) is 67.2 Å². The lowest BCUT2D eigenvalue weighted by Crippen LogP contribution is -2.15. The number of hydrogen-bond acceptors (Lipinski definition) is 2. The summed E-state index contributed by atoms with van der Waals surface area (Å²) in [6.45, 7) is 4.62. The van der Waals surface area contributed by atoms with Crippen LogP contribution in [-0.2, 0) is 5.41 Å². The zero-order chi connectivity index (χ0) is 16.5. The summed E-state index contributed by atoms with van der Waals surface area (Å²) < 4.78 is 0. The molecule has 0 bridgehead atoms. The Morgan fingerprint density at radius 1 is 0.708 bits per heavy atom. The molecule has 0 saturated heterocycles. The predicted molar refractivity (Wildman–Crippen MR) is 104 cm³/mol. The van der Waals surface area contributed by atoms with E-state index >= 15 is 0 Å². The van der Waals surface area contributed by atoms with Crippen LogP contribution in [0.5, 0.6) is 0 Å². The van der Waals surface area contributed by atoms with Gasteiger partial charge < -0.3 is 0 Å². The second-order valence-corrected chi connectivity index (χ2v) is 9.41. The highest BCUT2D eigenvalue weighted by atomic mass is 35.5. The molecule has 0 amide bonds. The smallest absolute Gasteiger partial charge is 0.0412 e. The van der Waals surface area contributed by atoms with Gasteiger partial charge in [-0.2, -0.15) is 0 Å². The maximum atomic E-state index is 6.28. The summed E-state index contributed by atoms with van der Waals surface area (Å²) in [6.07, 6.45) is 0. The minimum absolute atomic E-state index is 0.0203. The first-order valence-electron chi connectivity index (χ1n) is 7.98.